The van der Waals surface area contributed by atoms with Crippen LogP contribution in [-0.2, 0) is 10.2 Å². The number of aromatic nitrogens is 1. The van der Waals surface area contributed by atoms with E-state index < -0.39 is 10.2 Å². The van der Waals surface area contributed by atoms with Crippen molar-refractivity contribution in [1.29, 1.82) is 0 Å². The zero-order chi connectivity index (χ0) is 11.5. The Labute approximate surface area is 94.0 Å². The Morgan fingerprint density at radius 1 is 1.47 bits per heavy atom. The van der Waals surface area contributed by atoms with Crippen LogP contribution in [0.5, 0.6) is 0 Å². The van der Waals surface area contributed by atoms with E-state index in [2.05, 4.69) is 14.4 Å². The van der Waals surface area contributed by atoms with Gasteiger partial charge in [0.05, 0.1) is 5.02 Å². The van der Waals surface area contributed by atoms with Gasteiger partial charge in [0, 0.05) is 12.2 Å². The Balaban J connectivity index is 2.83. The van der Waals surface area contributed by atoms with E-state index in [0.29, 0.717) is 0 Å². The molecule has 0 amide bonds. The van der Waals surface area contributed by atoms with Crippen molar-refractivity contribution < 1.29 is 8.42 Å². The second-order valence-corrected chi connectivity index (χ2v) is 5.07. The summed E-state index contributed by atoms with van der Waals surface area (Å²) < 4.78 is 27.5. The highest BCUT2D eigenvalue weighted by atomic mass is 35.5. The second kappa shape index (κ2) is 4.78. The average molecular weight is 250 g/mol. The third-order valence-electron chi connectivity index (χ3n) is 1.38. The zero-order valence-corrected chi connectivity index (χ0v) is 9.93. The lowest BCUT2D eigenvalue weighted by Gasteiger charge is -2.11. The second-order valence-electron chi connectivity index (χ2n) is 3.21. The maximum absolute atomic E-state index is 11.4. The number of hydrogen-bond acceptors (Lipinski definition) is 3. The number of anilines is 1. The summed E-state index contributed by atoms with van der Waals surface area (Å²) in [5.74, 6) is 0.118. The SMILES string of the molecule is CC(C)NS(=O)(=O)Nc1ncccc1Cl. The van der Waals surface area contributed by atoms with Crippen LogP contribution >= 0.6 is 11.6 Å². The predicted octanol–water partition coefficient (Wildman–Crippen LogP) is 1.39. The highest BCUT2D eigenvalue weighted by Gasteiger charge is 2.13. The number of hydrogen-bond donors (Lipinski definition) is 2. The van der Waals surface area contributed by atoms with Crippen LogP contribution in [0.25, 0.3) is 0 Å². The minimum Gasteiger partial charge on any atom is -0.253 e. The first-order valence-electron chi connectivity index (χ1n) is 4.31. The molecule has 84 valence electrons. The summed E-state index contributed by atoms with van der Waals surface area (Å²) in [6.45, 7) is 3.44. The lowest BCUT2D eigenvalue weighted by Crippen LogP contribution is -2.35. The Bertz CT molecular complexity index is 433. The van der Waals surface area contributed by atoms with Gasteiger partial charge >= 0.3 is 10.2 Å². The normalized spacial score (nSPS) is 11.7. The summed E-state index contributed by atoms with van der Waals surface area (Å²) in [5, 5.41) is 0.256. The van der Waals surface area contributed by atoms with E-state index in [1.165, 1.54) is 6.20 Å². The zero-order valence-electron chi connectivity index (χ0n) is 8.36. The van der Waals surface area contributed by atoms with Crippen molar-refractivity contribution in [1.82, 2.24) is 9.71 Å². The van der Waals surface area contributed by atoms with Gasteiger partial charge < -0.3 is 0 Å². The molecule has 0 radical (unpaired) electrons. The molecule has 0 aliphatic heterocycles. The number of nitrogens with zero attached hydrogens (tertiary/aromatic N) is 1. The number of halogens is 1. The Kier molecular flexibility index (Phi) is 3.90. The minimum atomic E-state index is -3.60. The fourth-order valence-corrected chi connectivity index (χ4v) is 2.25. The number of nitrogens with one attached hydrogen (secondary N) is 2. The molecule has 0 bridgehead atoms. The Morgan fingerprint density at radius 3 is 2.67 bits per heavy atom. The fraction of sp³-hybridized carbons (Fsp3) is 0.375. The molecule has 7 heteroatoms. The van der Waals surface area contributed by atoms with E-state index >= 15 is 0 Å². The Morgan fingerprint density at radius 2 is 2.13 bits per heavy atom. The largest absolute Gasteiger partial charge is 0.300 e. The van der Waals surface area contributed by atoms with E-state index in [9.17, 15) is 8.42 Å². The summed E-state index contributed by atoms with van der Waals surface area (Å²) in [6.07, 6.45) is 1.46. The van der Waals surface area contributed by atoms with E-state index in [1.54, 1.807) is 26.0 Å². The van der Waals surface area contributed by atoms with E-state index in [-0.39, 0.29) is 16.9 Å². The first-order valence-corrected chi connectivity index (χ1v) is 6.17. The Hall–Kier alpha value is -0.850. The third kappa shape index (κ3) is 4.03. The van der Waals surface area contributed by atoms with Gasteiger partial charge in [-0.3, -0.25) is 4.72 Å². The van der Waals surface area contributed by atoms with Crippen LogP contribution in [-0.4, -0.2) is 19.4 Å². The molecule has 0 saturated heterocycles. The van der Waals surface area contributed by atoms with Gasteiger partial charge in [-0.1, -0.05) is 11.6 Å². The molecule has 5 nitrogen and oxygen atoms in total. The van der Waals surface area contributed by atoms with Crippen LogP contribution in [0, 0.1) is 0 Å². The summed E-state index contributed by atoms with van der Waals surface area (Å²) >= 11 is 5.75. The number of pyridine rings is 1. The molecule has 0 aromatic carbocycles. The molecule has 1 heterocycles. The van der Waals surface area contributed by atoms with E-state index in [1.807, 2.05) is 0 Å². The monoisotopic (exact) mass is 249 g/mol. The van der Waals surface area contributed by atoms with Crippen LogP contribution in [0.4, 0.5) is 5.82 Å². The van der Waals surface area contributed by atoms with Crippen molar-refractivity contribution in [3.05, 3.63) is 23.4 Å². The lowest BCUT2D eigenvalue weighted by atomic mass is 10.4. The fourth-order valence-electron chi connectivity index (χ4n) is 0.928. The first-order chi connectivity index (χ1) is 6.91. The van der Waals surface area contributed by atoms with Crippen LogP contribution in [0.2, 0.25) is 5.02 Å². The molecule has 1 aromatic heterocycles. The van der Waals surface area contributed by atoms with Crippen molar-refractivity contribution in [2.75, 3.05) is 4.72 Å². The molecule has 0 aliphatic rings. The van der Waals surface area contributed by atoms with Gasteiger partial charge in [-0.25, -0.2) is 4.98 Å². The predicted molar refractivity (Wildman–Crippen MR) is 60.1 cm³/mol. The maximum Gasteiger partial charge on any atom is 0.300 e. The van der Waals surface area contributed by atoms with Gasteiger partial charge in [-0.05, 0) is 26.0 Å². The summed E-state index contributed by atoms with van der Waals surface area (Å²) in [4.78, 5) is 3.81. The van der Waals surface area contributed by atoms with Crippen LogP contribution < -0.4 is 9.44 Å². The van der Waals surface area contributed by atoms with Gasteiger partial charge in [-0.15, -0.1) is 0 Å². The van der Waals surface area contributed by atoms with Crippen LogP contribution in [0.1, 0.15) is 13.8 Å². The van der Waals surface area contributed by atoms with Gasteiger partial charge in [0.15, 0.2) is 5.82 Å². The lowest BCUT2D eigenvalue weighted by molar-refractivity contribution is 0.575. The molecule has 1 aromatic rings. The smallest absolute Gasteiger partial charge is 0.253 e. The highest BCUT2D eigenvalue weighted by molar-refractivity contribution is 7.90. The van der Waals surface area contributed by atoms with Gasteiger partial charge in [0.2, 0.25) is 0 Å². The molecule has 0 fully saturated rings. The van der Waals surface area contributed by atoms with Gasteiger partial charge in [0.1, 0.15) is 0 Å². The standard InChI is InChI=1S/C8H12ClN3O2S/c1-6(2)11-15(13,14)12-8-7(9)4-3-5-10-8/h3-6,11H,1-2H3,(H,10,12). The molecule has 15 heavy (non-hydrogen) atoms. The van der Waals surface area contributed by atoms with E-state index in [4.69, 9.17) is 11.6 Å². The van der Waals surface area contributed by atoms with Crippen molar-refractivity contribution in [2.24, 2.45) is 0 Å². The molecular weight excluding hydrogens is 238 g/mol. The molecule has 0 aliphatic carbocycles. The minimum absolute atomic E-state index is 0.118. The number of rotatable bonds is 4. The van der Waals surface area contributed by atoms with Gasteiger partial charge in [0.25, 0.3) is 0 Å². The molecular formula is C8H12ClN3O2S. The third-order valence-corrected chi connectivity index (χ3v) is 2.93. The van der Waals surface area contributed by atoms with Crippen molar-refractivity contribution in [3.8, 4) is 0 Å². The highest BCUT2D eigenvalue weighted by Crippen LogP contribution is 2.18. The van der Waals surface area contributed by atoms with E-state index in [0.717, 1.165) is 0 Å². The molecule has 2 N–H and O–H groups in total. The van der Waals surface area contributed by atoms with Crippen LogP contribution in [0.15, 0.2) is 18.3 Å². The summed E-state index contributed by atoms with van der Waals surface area (Å²) in [6, 6.07) is 2.99. The molecule has 1 rings (SSSR count). The first kappa shape index (κ1) is 12.2. The van der Waals surface area contributed by atoms with Crippen molar-refractivity contribution in [3.63, 3.8) is 0 Å². The molecule has 0 spiro atoms. The molecule has 0 atom stereocenters. The summed E-state index contributed by atoms with van der Waals surface area (Å²) in [5.41, 5.74) is 0. The van der Waals surface area contributed by atoms with Crippen molar-refractivity contribution in [2.45, 2.75) is 19.9 Å². The molecule has 0 saturated carbocycles. The van der Waals surface area contributed by atoms with Crippen molar-refractivity contribution >= 4 is 27.6 Å². The topological polar surface area (TPSA) is 71.1 Å². The average Bonchev–Trinajstić information content (AvgIpc) is 2.06. The quantitative estimate of drug-likeness (QED) is 0.847. The maximum atomic E-state index is 11.4. The molecule has 0 unspecified atom stereocenters. The summed E-state index contributed by atoms with van der Waals surface area (Å²) in [7, 11) is -3.60. The van der Waals surface area contributed by atoms with Crippen LogP contribution in [0.3, 0.4) is 0 Å². The van der Waals surface area contributed by atoms with Gasteiger partial charge in [-0.2, -0.15) is 13.1 Å².